The maximum Gasteiger partial charge on any atom is 0.221 e. The van der Waals surface area contributed by atoms with E-state index in [9.17, 15) is 0 Å². The quantitative estimate of drug-likeness (QED) is 0.743. The number of nitrogen functional groups attached to an aromatic ring is 2. The van der Waals surface area contributed by atoms with E-state index < -0.39 is 0 Å². The van der Waals surface area contributed by atoms with Crippen LogP contribution >= 0.6 is 0 Å². The average Bonchev–Trinajstić information content (AvgIpc) is 2.64. The number of hydrogen-bond donors (Lipinski definition) is 2. The van der Waals surface area contributed by atoms with Gasteiger partial charge in [0, 0.05) is 23.7 Å². The van der Waals surface area contributed by atoms with Gasteiger partial charge >= 0.3 is 0 Å². The van der Waals surface area contributed by atoms with E-state index in [1.165, 1.54) is 0 Å². The highest BCUT2D eigenvalue weighted by atomic mass is 16.5. The van der Waals surface area contributed by atoms with E-state index in [0.717, 1.165) is 22.3 Å². The average molecular weight is 336 g/mol. The molecule has 0 saturated carbocycles. The maximum absolute atomic E-state index is 5.96. The van der Waals surface area contributed by atoms with Gasteiger partial charge in [0.1, 0.15) is 5.82 Å². The Morgan fingerprint density at radius 1 is 1.00 bits per heavy atom. The molecule has 128 valence electrons. The van der Waals surface area contributed by atoms with Crippen LogP contribution in [0.15, 0.2) is 48.7 Å². The van der Waals surface area contributed by atoms with Crippen LogP contribution in [0.3, 0.4) is 0 Å². The molecule has 0 spiro atoms. The van der Waals surface area contributed by atoms with Crippen molar-refractivity contribution < 1.29 is 9.47 Å². The Balaban J connectivity index is 2.08. The molecule has 0 aliphatic heterocycles. The molecule has 3 aromatic rings. The minimum Gasteiger partial charge on any atom is -0.493 e. The fraction of sp³-hybridized carbons (Fsp3) is 0.158. The SMILES string of the molecule is COc1cc(Cc2cnc(N)nc2N)cc(-c2ccccc2)c1OC. The zero-order chi connectivity index (χ0) is 17.8. The van der Waals surface area contributed by atoms with Crippen molar-refractivity contribution >= 4 is 11.8 Å². The Bertz CT molecular complexity index is 882. The zero-order valence-corrected chi connectivity index (χ0v) is 14.2. The van der Waals surface area contributed by atoms with Crippen molar-refractivity contribution in [2.75, 3.05) is 25.7 Å². The summed E-state index contributed by atoms with van der Waals surface area (Å²) in [5.74, 6) is 1.90. The summed E-state index contributed by atoms with van der Waals surface area (Å²) in [5.41, 5.74) is 15.3. The Hall–Kier alpha value is -3.28. The molecule has 0 atom stereocenters. The molecule has 0 amide bonds. The second-order valence-corrected chi connectivity index (χ2v) is 5.56. The van der Waals surface area contributed by atoms with Gasteiger partial charge in [0.2, 0.25) is 5.95 Å². The van der Waals surface area contributed by atoms with Crippen molar-refractivity contribution in [3.8, 4) is 22.6 Å². The summed E-state index contributed by atoms with van der Waals surface area (Å²) in [6.07, 6.45) is 2.21. The van der Waals surface area contributed by atoms with E-state index in [1.54, 1.807) is 20.4 Å². The lowest BCUT2D eigenvalue weighted by Crippen LogP contribution is -2.04. The van der Waals surface area contributed by atoms with Crippen LogP contribution in [0.5, 0.6) is 11.5 Å². The molecule has 0 radical (unpaired) electrons. The number of hydrogen-bond acceptors (Lipinski definition) is 6. The van der Waals surface area contributed by atoms with Crippen molar-refractivity contribution in [3.05, 3.63) is 59.8 Å². The Kier molecular flexibility index (Phi) is 4.70. The van der Waals surface area contributed by atoms with Gasteiger partial charge in [0.25, 0.3) is 0 Å². The zero-order valence-electron chi connectivity index (χ0n) is 14.2. The van der Waals surface area contributed by atoms with E-state index in [-0.39, 0.29) is 5.95 Å². The highest BCUT2D eigenvalue weighted by Gasteiger charge is 2.15. The van der Waals surface area contributed by atoms with E-state index in [0.29, 0.717) is 23.7 Å². The number of nitrogens with two attached hydrogens (primary N) is 2. The largest absolute Gasteiger partial charge is 0.493 e. The topological polar surface area (TPSA) is 96.3 Å². The molecule has 0 unspecified atom stereocenters. The van der Waals surface area contributed by atoms with Gasteiger partial charge in [-0.25, -0.2) is 4.98 Å². The Labute approximate surface area is 146 Å². The molecule has 0 saturated heterocycles. The summed E-state index contributed by atoms with van der Waals surface area (Å²) < 4.78 is 11.1. The standard InChI is InChI=1S/C19H20N4O2/c1-24-16-10-12(8-14-11-22-19(21)23-18(14)20)9-15(17(16)25-2)13-6-4-3-5-7-13/h3-7,9-11H,8H2,1-2H3,(H4,20,21,22,23). The molecule has 6 heteroatoms. The molecule has 1 aromatic heterocycles. The number of ether oxygens (including phenoxy) is 2. The first kappa shape index (κ1) is 16.6. The number of rotatable bonds is 5. The highest BCUT2D eigenvalue weighted by Crippen LogP contribution is 2.39. The summed E-state index contributed by atoms with van der Waals surface area (Å²) in [7, 11) is 3.26. The summed E-state index contributed by atoms with van der Waals surface area (Å²) in [6, 6.07) is 14.0. The van der Waals surface area contributed by atoms with Gasteiger partial charge in [0.05, 0.1) is 14.2 Å². The van der Waals surface area contributed by atoms with Gasteiger partial charge in [-0.1, -0.05) is 30.3 Å². The molecule has 2 aromatic carbocycles. The molecule has 0 bridgehead atoms. The summed E-state index contributed by atoms with van der Waals surface area (Å²) in [4.78, 5) is 8.04. The van der Waals surface area contributed by atoms with Crippen LogP contribution in [0.2, 0.25) is 0 Å². The fourth-order valence-corrected chi connectivity index (χ4v) is 2.75. The third kappa shape index (κ3) is 3.47. The smallest absolute Gasteiger partial charge is 0.221 e. The molecule has 4 N–H and O–H groups in total. The molecule has 0 fully saturated rings. The van der Waals surface area contributed by atoms with Crippen LogP contribution in [0, 0.1) is 0 Å². The van der Waals surface area contributed by atoms with Crippen LogP contribution in [-0.4, -0.2) is 24.2 Å². The second-order valence-electron chi connectivity index (χ2n) is 5.56. The van der Waals surface area contributed by atoms with E-state index >= 15 is 0 Å². The monoisotopic (exact) mass is 336 g/mol. The van der Waals surface area contributed by atoms with Crippen molar-refractivity contribution in [2.45, 2.75) is 6.42 Å². The van der Waals surface area contributed by atoms with Gasteiger partial charge in [0.15, 0.2) is 11.5 Å². The van der Waals surface area contributed by atoms with Gasteiger partial charge in [-0.15, -0.1) is 0 Å². The first-order valence-corrected chi connectivity index (χ1v) is 7.79. The van der Waals surface area contributed by atoms with Crippen LogP contribution < -0.4 is 20.9 Å². The second kappa shape index (κ2) is 7.09. The normalized spacial score (nSPS) is 10.5. The lowest BCUT2D eigenvalue weighted by molar-refractivity contribution is 0.356. The van der Waals surface area contributed by atoms with E-state index in [1.807, 2.05) is 36.4 Å². The molecule has 0 aliphatic carbocycles. The van der Waals surface area contributed by atoms with Gasteiger partial charge in [-0.3, -0.25) is 0 Å². The predicted octanol–water partition coefficient (Wildman–Crippen LogP) is 2.92. The van der Waals surface area contributed by atoms with Crippen molar-refractivity contribution in [2.24, 2.45) is 0 Å². The van der Waals surface area contributed by atoms with Gasteiger partial charge in [-0.05, 0) is 23.3 Å². The third-order valence-electron chi connectivity index (χ3n) is 3.93. The molecule has 0 aliphatic rings. The Morgan fingerprint density at radius 2 is 1.76 bits per heavy atom. The molecular formula is C19H20N4O2. The minimum absolute atomic E-state index is 0.165. The lowest BCUT2D eigenvalue weighted by atomic mass is 9.98. The molecule has 1 heterocycles. The van der Waals surface area contributed by atoms with E-state index in [4.69, 9.17) is 20.9 Å². The molecular weight excluding hydrogens is 316 g/mol. The lowest BCUT2D eigenvalue weighted by Gasteiger charge is -2.16. The van der Waals surface area contributed by atoms with Crippen LogP contribution in [-0.2, 0) is 6.42 Å². The number of aromatic nitrogens is 2. The number of methoxy groups -OCH3 is 2. The number of anilines is 2. The van der Waals surface area contributed by atoms with Gasteiger partial charge < -0.3 is 20.9 Å². The van der Waals surface area contributed by atoms with Gasteiger partial charge in [-0.2, -0.15) is 4.98 Å². The van der Waals surface area contributed by atoms with Crippen molar-refractivity contribution in [1.82, 2.24) is 9.97 Å². The summed E-state index contributed by atoms with van der Waals surface area (Å²) in [5, 5.41) is 0. The summed E-state index contributed by atoms with van der Waals surface area (Å²) >= 11 is 0. The maximum atomic E-state index is 5.96. The first-order valence-electron chi connectivity index (χ1n) is 7.79. The van der Waals surface area contributed by atoms with Crippen LogP contribution in [0.1, 0.15) is 11.1 Å². The predicted molar refractivity (Wildman–Crippen MR) is 98.6 cm³/mol. The molecule has 6 nitrogen and oxygen atoms in total. The van der Waals surface area contributed by atoms with Crippen molar-refractivity contribution in [1.29, 1.82) is 0 Å². The third-order valence-corrected chi connectivity index (χ3v) is 3.93. The fourth-order valence-electron chi connectivity index (χ4n) is 2.75. The van der Waals surface area contributed by atoms with Crippen molar-refractivity contribution in [3.63, 3.8) is 0 Å². The Morgan fingerprint density at radius 3 is 2.40 bits per heavy atom. The molecule has 25 heavy (non-hydrogen) atoms. The molecule has 3 rings (SSSR count). The van der Waals surface area contributed by atoms with Crippen LogP contribution in [0.25, 0.3) is 11.1 Å². The van der Waals surface area contributed by atoms with E-state index in [2.05, 4.69) is 16.0 Å². The number of benzene rings is 2. The highest BCUT2D eigenvalue weighted by molar-refractivity contribution is 5.75. The minimum atomic E-state index is 0.165. The number of nitrogens with zero attached hydrogens (tertiary/aromatic N) is 2. The van der Waals surface area contributed by atoms with Crippen LogP contribution in [0.4, 0.5) is 11.8 Å². The summed E-state index contributed by atoms with van der Waals surface area (Å²) in [6.45, 7) is 0. The first-order chi connectivity index (χ1) is 12.1.